The number of pyridine rings is 1. The molecule has 6 heteroatoms. The van der Waals surface area contributed by atoms with Crippen LogP contribution in [0.5, 0.6) is 0 Å². The number of nitrogens with one attached hydrogen (secondary N) is 1. The van der Waals surface area contributed by atoms with Gasteiger partial charge in [0.2, 0.25) is 0 Å². The average molecular weight is 396 g/mol. The molecule has 0 saturated carbocycles. The Bertz CT molecular complexity index is 879. The molecule has 29 heavy (non-hydrogen) atoms. The third kappa shape index (κ3) is 3.99. The fourth-order valence-electron chi connectivity index (χ4n) is 4.57. The van der Waals surface area contributed by atoms with E-state index in [1.807, 2.05) is 25.1 Å². The molecule has 1 aliphatic carbocycles. The summed E-state index contributed by atoms with van der Waals surface area (Å²) in [4.78, 5) is 30.8. The molecule has 1 saturated heterocycles. The van der Waals surface area contributed by atoms with Gasteiger partial charge in [-0.15, -0.1) is 0 Å². The Hall–Kier alpha value is -2.47. The molecule has 3 aliphatic rings. The smallest absolute Gasteiger partial charge is 0.336 e. The normalized spacial score (nSPS) is 26.2. The predicted molar refractivity (Wildman–Crippen MR) is 108 cm³/mol. The zero-order valence-corrected chi connectivity index (χ0v) is 17.3. The first-order valence-corrected chi connectivity index (χ1v) is 10.3. The predicted octanol–water partition coefficient (Wildman–Crippen LogP) is 3.41. The number of Topliss-reactive ketones (excluding diaryl/α,β-unsaturated/α-hetero) is 1. The molecule has 6 nitrogen and oxygen atoms in total. The van der Waals surface area contributed by atoms with Crippen molar-refractivity contribution in [3.8, 4) is 0 Å². The van der Waals surface area contributed by atoms with Gasteiger partial charge >= 0.3 is 5.97 Å². The second-order valence-corrected chi connectivity index (χ2v) is 8.92. The lowest BCUT2D eigenvalue weighted by Crippen LogP contribution is -2.39. The standard InChI is InChI=1S/C23H28N2O4/c1-14-19(22(27)29-13-15-7-6-10-28-15)21(16-8-4-5-9-24-16)20-17(25-14)11-23(2,3)12-18(20)26/h4-5,8-9,15,21,25H,6-7,10-13H2,1-3H3/t15-,21-/m0/s1. The van der Waals surface area contributed by atoms with E-state index in [-0.39, 0.29) is 23.9 Å². The summed E-state index contributed by atoms with van der Waals surface area (Å²) in [7, 11) is 0. The van der Waals surface area contributed by atoms with Gasteiger partial charge < -0.3 is 14.8 Å². The highest BCUT2D eigenvalue weighted by Crippen LogP contribution is 2.46. The van der Waals surface area contributed by atoms with Crippen LogP contribution in [0.1, 0.15) is 58.1 Å². The number of esters is 1. The van der Waals surface area contributed by atoms with E-state index in [4.69, 9.17) is 9.47 Å². The molecule has 3 heterocycles. The first kappa shape index (κ1) is 19.8. The second kappa shape index (κ2) is 7.75. The summed E-state index contributed by atoms with van der Waals surface area (Å²) >= 11 is 0. The number of allylic oxidation sites excluding steroid dienone is 3. The number of dihydropyridines is 1. The Balaban J connectivity index is 1.70. The highest BCUT2D eigenvalue weighted by Gasteiger charge is 2.43. The molecule has 1 N–H and O–H groups in total. The summed E-state index contributed by atoms with van der Waals surface area (Å²) in [5.41, 5.74) is 3.32. The molecule has 0 radical (unpaired) electrons. The number of aromatic nitrogens is 1. The number of hydrogen-bond acceptors (Lipinski definition) is 6. The molecule has 2 atom stereocenters. The quantitative estimate of drug-likeness (QED) is 0.786. The third-order valence-electron chi connectivity index (χ3n) is 5.87. The van der Waals surface area contributed by atoms with Gasteiger partial charge in [-0.25, -0.2) is 4.79 Å². The van der Waals surface area contributed by atoms with Crippen LogP contribution in [0.25, 0.3) is 0 Å². The van der Waals surface area contributed by atoms with Gasteiger partial charge in [-0.05, 0) is 43.7 Å². The van der Waals surface area contributed by atoms with Crippen LogP contribution in [0.2, 0.25) is 0 Å². The highest BCUT2D eigenvalue weighted by atomic mass is 16.6. The molecule has 0 bridgehead atoms. The zero-order valence-electron chi connectivity index (χ0n) is 17.3. The van der Waals surface area contributed by atoms with Crippen LogP contribution in [-0.2, 0) is 19.1 Å². The maximum absolute atomic E-state index is 13.1. The van der Waals surface area contributed by atoms with Gasteiger partial charge in [-0.2, -0.15) is 0 Å². The fourth-order valence-corrected chi connectivity index (χ4v) is 4.57. The van der Waals surface area contributed by atoms with Crippen molar-refractivity contribution in [2.75, 3.05) is 13.2 Å². The Morgan fingerprint density at radius 1 is 1.34 bits per heavy atom. The van der Waals surface area contributed by atoms with E-state index in [1.54, 1.807) is 6.20 Å². The van der Waals surface area contributed by atoms with E-state index in [9.17, 15) is 9.59 Å². The van der Waals surface area contributed by atoms with E-state index < -0.39 is 11.9 Å². The molecular weight excluding hydrogens is 368 g/mol. The number of ether oxygens (including phenoxy) is 2. The summed E-state index contributed by atoms with van der Waals surface area (Å²) in [6.07, 6.45) is 4.75. The molecule has 0 unspecified atom stereocenters. The molecular formula is C23H28N2O4. The van der Waals surface area contributed by atoms with Crippen molar-refractivity contribution in [1.82, 2.24) is 10.3 Å². The lowest BCUT2D eigenvalue weighted by molar-refractivity contribution is -0.142. The van der Waals surface area contributed by atoms with Crippen molar-refractivity contribution in [2.24, 2.45) is 5.41 Å². The first-order chi connectivity index (χ1) is 13.9. The number of hydrogen-bond donors (Lipinski definition) is 1. The first-order valence-electron chi connectivity index (χ1n) is 10.3. The van der Waals surface area contributed by atoms with Gasteiger partial charge in [0, 0.05) is 36.2 Å². The highest BCUT2D eigenvalue weighted by molar-refractivity contribution is 6.04. The van der Waals surface area contributed by atoms with Gasteiger partial charge in [0.1, 0.15) is 6.61 Å². The molecule has 0 aromatic carbocycles. The van der Waals surface area contributed by atoms with E-state index in [0.717, 1.165) is 30.7 Å². The summed E-state index contributed by atoms with van der Waals surface area (Å²) < 4.78 is 11.2. The summed E-state index contributed by atoms with van der Waals surface area (Å²) in [5, 5.41) is 3.34. The minimum Gasteiger partial charge on any atom is -0.459 e. The minimum absolute atomic E-state index is 0.0448. The van der Waals surface area contributed by atoms with Crippen LogP contribution in [0.15, 0.2) is 46.9 Å². The van der Waals surface area contributed by atoms with Crippen molar-refractivity contribution >= 4 is 11.8 Å². The largest absolute Gasteiger partial charge is 0.459 e. The Morgan fingerprint density at radius 2 is 2.17 bits per heavy atom. The molecule has 154 valence electrons. The van der Waals surface area contributed by atoms with Crippen molar-refractivity contribution < 1.29 is 19.1 Å². The maximum Gasteiger partial charge on any atom is 0.336 e. The zero-order chi connectivity index (χ0) is 20.6. The monoisotopic (exact) mass is 396 g/mol. The number of nitrogens with zero attached hydrogens (tertiary/aromatic N) is 1. The number of rotatable bonds is 4. The third-order valence-corrected chi connectivity index (χ3v) is 5.87. The van der Waals surface area contributed by atoms with Crippen LogP contribution < -0.4 is 5.32 Å². The Morgan fingerprint density at radius 3 is 2.86 bits per heavy atom. The molecule has 0 amide bonds. The molecule has 0 spiro atoms. The van der Waals surface area contributed by atoms with Crippen LogP contribution in [0, 0.1) is 5.41 Å². The summed E-state index contributed by atoms with van der Waals surface area (Å²) in [6, 6.07) is 5.58. The maximum atomic E-state index is 13.1. The van der Waals surface area contributed by atoms with E-state index in [0.29, 0.717) is 29.9 Å². The van der Waals surface area contributed by atoms with E-state index in [2.05, 4.69) is 24.1 Å². The van der Waals surface area contributed by atoms with Crippen LogP contribution in [-0.4, -0.2) is 36.1 Å². The Labute approximate surface area is 171 Å². The van der Waals surface area contributed by atoms with Crippen LogP contribution in [0.3, 0.4) is 0 Å². The fraction of sp³-hybridized carbons (Fsp3) is 0.522. The van der Waals surface area contributed by atoms with E-state index in [1.165, 1.54) is 0 Å². The van der Waals surface area contributed by atoms with Gasteiger partial charge in [0.15, 0.2) is 5.78 Å². The average Bonchev–Trinajstić information content (AvgIpc) is 3.18. The lowest BCUT2D eigenvalue weighted by Gasteiger charge is -2.39. The lowest BCUT2D eigenvalue weighted by atomic mass is 9.69. The molecule has 1 fully saturated rings. The van der Waals surface area contributed by atoms with Gasteiger partial charge in [0.25, 0.3) is 0 Å². The number of carbonyl (C=O) groups is 2. The van der Waals surface area contributed by atoms with Crippen molar-refractivity contribution in [2.45, 2.75) is 58.5 Å². The van der Waals surface area contributed by atoms with Crippen molar-refractivity contribution in [1.29, 1.82) is 0 Å². The topological polar surface area (TPSA) is 77.5 Å². The van der Waals surface area contributed by atoms with Crippen molar-refractivity contribution in [3.05, 3.63) is 52.6 Å². The SMILES string of the molecule is CC1=C(C(=O)OC[C@@H]2CCCO2)[C@H](c2ccccn2)C2=C(CC(C)(C)CC2=O)N1. The molecule has 4 rings (SSSR count). The summed E-state index contributed by atoms with van der Waals surface area (Å²) in [6.45, 7) is 7.00. The number of ketones is 1. The van der Waals surface area contributed by atoms with Gasteiger partial charge in [-0.1, -0.05) is 19.9 Å². The second-order valence-electron chi connectivity index (χ2n) is 8.92. The minimum atomic E-state index is -0.506. The van der Waals surface area contributed by atoms with Crippen LogP contribution >= 0.6 is 0 Å². The van der Waals surface area contributed by atoms with Crippen molar-refractivity contribution in [3.63, 3.8) is 0 Å². The Kier molecular flexibility index (Phi) is 5.30. The summed E-state index contributed by atoms with van der Waals surface area (Å²) in [5.74, 6) is -0.852. The molecule has 1 aromatic rings. The number of carbonyl (C=O) groups excluding carboxylic acids is 2. The van der Waals surface area contributed by atoms with Crippen LogP contribution in [0.4, 0.5) is 0 Å². The van der Waals surface area contributed by atoms with Gasteiger partial charge in [0.05, 0.1) is 23.3 Å². The molecule has 1 aromatic heterocycles. The molecule has 2 aliphatic heterocycles. The van der Waals surface area contributed by atoms with Gasteiger partial charge in [-0.3, -0.25) is 9.78 Å². The van der Waals surface area contributed by atoms with E-state index >= 15 is 0 Å².